The second kappa shape index (κ2) is 7.62. The molecule has 0 bridgehead atoms. The van der Waals surface area contributed by atoms with E-state index < -0.39 is 4.92 Å². The molecule has 1 unspecified atom stereocenters. The lowest BCUT2D eigenvalue weighted by atomic mass is 10.0. The number of benzene rings is 1. The Morgan fingerprint density at radius 2 is 2.20 bits per heavy atom. The average Bonchev–Trinajstić information content (AvgIpc) is 2.99. The number of halogens is 1. The number of hydrogen-bond donors (Lipinski definition) is 3. The highest BCUT2D eigenvalue weighted by Gasteiger charge is 2.23. The first kappa shape index (κ1) is 18.9. The number of fused-ring (bicyclic) bond motifs is 1. The van der Waals surface area contributed by atoms with Crippen LogP contribution < -0.4 is 10.6 Å². The lowest BCUT2D eigenvalue weighted by molar-refractivity contribution is -0.385. The van der Waals surface area contributed by atoms with Crippen molar-refractivity contribution in [3.63, 3.8) is 0 Å². The number of aromatic amines is 1. The van der Waals surface area contributed by atoms with Crippen molar-refractivity contribution in [1.29, 1.82) is 0 Å². The number of carbonyl (C=O) groups is 1. The normalized spacial score (nSPS) is 14.2. The summed E-state index contributed by atoms with van der Waals surface area (Å²) < 4.78 is 0. The van der Waals surface area contributed by atoms with Crippen LogP contribution in [-0.2, 0) is 13.0 Å². The summed E-state index contributed by atoms with van der Waals surface area (Å²) in [6.07, 6.45) is 0.815. The quantitative estimate of drug-likeness (QED) is 0.567. The molecule has 134 valence electrons. The summed E-state index contributed by atoms with van der Waals surface area (Å²) in [7, 11) is 0. The van der Waals surface area contributed by atoms with Crippen LogP contribution >= 0.6 is 12.4 Å². The molecule has 2 heterocycles. The first-order chi connectivity index (χ1) is 11.5. The van der Waals surface area contributed by atoms with Gasteiger partial charge in [0.1, 0.15) is 0 Å². The van der Waals surface area contributed by atoms with Gasteiger partial charge < -0.3 is 10.6 Å². The fourth-order valence-electron chi connectivity index (χ4n) is 2.85. The van der Waals surface area contributed by atoms with Gasteiger partial charge in [0.05, 0.1) is 11.0 Å². The molecule has 0 aliphatic carbocycles. The Balaban J connectivity index is 0.00000225. The fourth-order valence-corrected chi connectivity index (χ4v) is 2.85. The number of rotatable bonds is 4. The highest BCUT2D eigenvalue weighted by molar-refractivity contribution is 5.94. The molecule has 0 fully saturated rings. The molecular formula is C16H20ClN5O3. The molecule has 1 atom stereocenters. The number of nitrogens with zero attached hydrogens (tertiary/aromatic N) is 2. The van der Waals surface area contributed by atoms with E-state index in [1.807, 2.05) is 0 Å². The predicted octanol–water partition coefficient (Wildman–Crippen LogP) is 2.18. The van der Waals surface area contributed by atoms with Crippen LogP contribution in [0.5, 0.6) is 0 Å². The van der Waals surface area contributed by atoms with Crippen LogP contribution in [0.4, 0.5) is 5.69 Å². The van der Waals surface area contributed by atoms with Gasteiger partial charge in [0, 0.05) is 42.4 Å². The van der Waals surface area contributed by atoms with Crippen LogP contribution in [0.2, 0.25) is 0 Å². The zero-order valence-electron chi connectivity index (χ0n) is 14.0. The van der Waals surface area contributed by atoms with Crippen LogP contribution in [0.3, 0.4) is 0 Å². The molecule has 1 amide bonds. The van der Waals surface area contributed by atoms with E-state index in [0.717, 1.165) is 24.2 Å². The maximum Gasteiger partial charge on any atom is 0.272 e. The summed E-state index contributed by atoms with van der Waals surface area (Å²) in [6.45, 7) is 4.95. The number of carbonyl (C=O) groups excluding carboxylic acids is 1. The van der Waals surface area contributed by atoms with Crippen molar-refractivity contribution in [1.82, 2.24) is 20.8 Å². The number of nitro groups is 1. The minimum atomic E-state index is -0.414. The molecule has 1 aliphatic rings. The van der Waals surface area contributed by atoms with E-state index in [0.29, 0.717) is 23.4 Å². The second-order valence-corrected chi connectivity index (χ2v) is 5.95. The Labute approximate surface area is 151 Å². The van der Waals surface area contributed by atoms with Gasteiger partial charge in [0.2, 0.25) is 0 Å². The Bertz CT molecular complexity index is 805. The van der Waals surface area contributed by atoms with Gasteiger partial charge in [-0.25, -0.2) is 0 Å². The number of amides is 1. The highest BCUT2D eigenvalue weighted by atomic mass is 35.5. The van der Waals surface area contributed by atoms with E-state index >= 15 is 0 Å². The maximum absolute atomic E-state index is 12.5. The summed E-state index contributed by atoms with van der Waals surface area (Å²) in [5.74, 6) is -0.285. The summed E-state index contributed by atoms with van der Waals surface area (Å²) in [5, 5.41) is 24.2. The fraction of sp³-hybridized carbons (Fsp3) is 0.375. The molecule has 25 heavy (non-hydrogen) atoms. The molecular weight excluding hydrogens is 346 g/mol. The van der Waals surface area contributed by atoms with Gasteiger partial charge in [-0.15, -0.1) is 12.4 Å². The maximum atomic E-state index is 12.5. The summed E-state index contributed by atoms with van der Waals surface area (Å²) in [6, 6.07) is 4.62. The van der Waals surface area contributed by atoms with E-state index in [1.165, 1.54) is 6.07 Å². The second-order valence-electron chi connectivity index (χ2n) is 5.95. The largest absolute Gasteiger partial charge is 0.344 e. The summed E-state index contributed by atoms with van der Waals surface area (Å²) in [4.78, 5) is 23.1. The third kappa shape index (κ3) is 3.80. The van der Waals surface area contributed by atoms with Crippen LogP contribution in [-0.4, -0.2) is 27.6 Å². The van der Waals surface area contributed by atoms with Crippen molar-refractivity contribution in [2.75, 3.05) is 6.54 Å². The van der Waals surface area contributed by atoms with Crippen molar-refractivity contribution in [2.24, 2.45) is 0 Å². The molecule has 3 rings (SSSR count). The third-order valence-electron chi connectivity index (χ3n) is 4.30. The predicted molar refractivity (Wildman–Crippen MR) is 95.0 cm³/mol. The third-order valence-corrected chi connectivity index (χ3v) is 4.30. The lowest BCUT2D eigenvalue weighted by Crippen LogP contribution is -2.30. The minimum absolute atomic E-state index is 0. The monoisotopic (exact) mass is 365 g/mol. The molecule has 0 saturated heterocycles. The SMILES string of the molecule is Cc1ccc(C(C)NC(=O)c2n[nH]c3c2CNCC3)cc1[N+](=O)[O-].Cl. The standard InChI is InChI=1S/C16H19N5O3.ClH/c1-9-3-4-11(7-14(9)21(23)24)10(2)18-16(22)15-12-8-17-6-5-13(12)19-20-15;/h3-4,7,10,17H,5-6,8H2,1-2H3,(H,18,22)(H,19,20);1H. The van der Waals surface area contributed by atoms with Crippen molar-refractivity contribution in [2.45, 2.75) is 32.9 Å². The van der Waals surface area contributed by atoms with Crippen molar-refractivity contribution < 1.29 is 9.72 Å². The molecule has 0 saturated carbocycles. The van der Waals surface area contributed by atoms with Gasteiger partial charge in [-0.3, -0.25) is 20.0 Å². The van der Waals surface area contributed by atoms with Crippen molar-refractivity contribution in [3.8, 4) is 0 Å². The first-order valence-corrected chi connectivity index (χ1v) is 7.80. The molecule has 1 aromatic carbocycles. The Morgan fingerprint density at radius 1 is 1.44 bits per heavy atom. The minimum Gasteiger partial charge on any atom is -0.344 e. The molecule has 0 radical (unpaired) electrons. The number of H-pyrrole nitrogens is 1. The first-order valence-electron chi connectivity index (χ1n) is 7.80. The number of aryl methyl sites for hydroxylation is 1. The number of aromatic nitrogens is 2. The zero-order chi connectivity index (χ0) is 17.3. The van der Waals surface area contributed by atoms with Gasteiger partial charge in [0.15, 0.2) is 5.69 Å². The molecule has 9 heteroatoms. The molecule has 1 aromatic heterocycles. The Hall–Kier alpha value is -2.45. The molecule has 1 aliphatic heterocycles. The van der Waals surface area contributed by atoms with Gasteiger partial charge in [-0.05, 0) is 19.4 Å². The molecule has 2 aromatic rings. The molecule has 8 nitrogen and oxygen atoms in total. The number of hydrogen-bond acceptors (Lipinski definition) is 5. The van der Waals surface area contributed by atoms with Gasteiger partial charge in [-0.1, -0.05) is 12.1 Å². The van der Waals surface area contributed by atoms with Gasteiger partial charge >= 0.3 is 0 Å². The highest BCUT2D eigenvalue weighted by Crippen LogP contribution is 2.24. The topological polar surface area (TPSA) is 113 Å². The summed E-state index contributed by atoms with van der Waals surface area (Å²) >= 11 is 0. The van der Waals surface area contributed by atoms with E-state index in [4.69, 9.17) is 0 Å². The Kier molecular flexibility index (Phi) is 5.76. The van der Waals surface area contributed by atoms with Crippen LogP contribution in [0.1, 0.15) is 45.8 Å². The van der Waals surface area contributed by atoms with E-state index in [1.54, 1.807) is 26.0 Å². The van der Waals surface area contributed by atoms with E-state index in [2.05, 4.69) is 20.8 Å². The van der Waals surface area contributed by atoms with E-state index in [-0.39, 0.29) is 30.0 Å². The Morgan fingerprint density at radius 3 is 2.92 bits per heavy atom. The summed E-state index contributed by atoms with van der Waals surface area (Å²) in [5.41, 5.74) is 3.58. The molecule has 0 spiro atoms. The van der Waals surface area contributed by atoms with Gasteiger partial charge in [-0.2, -0.15) is 5.10 Å². The van der Waals surface area contributed by atoms with Gasteiger partial charge in [0.25, 0.3) is 11.6 Å². The zero-order valence-corrected chi connectivity index (χ0v) is 14.8. The van der Waals surface area contributed by atoms with Crippen molar-refractivity contribution >= 4 is 24.0 Å². The molecule has 3 N–H and O–H groups in total. The number of nitro benzene ring substituents is 1. The number of nitrogens with one attached hydrogen (secondary N) is 3. The average molecular weight is 366 g/mol. The van der Waals surface area contributed by atoms with Crippen molar-refractivity contribution in [3.05, 3.63) is 56.4 Å². The van der Waals surface area contributed by atoms with Crippen LogP contribution in [0, 0.1) is 17.0 Å². The van der Waals surface area contributed by atoms with E-state index in [9.17, 15) is 14.9 Å². The van der Waals surface area contributed by atoms with Crippen LogP contribution in [0.15, 0.2) is 18.2 Å². The smallest absolute Gasteiger partial charge is 0.272 e. The lowest BCUT2D eigenvalue weighted by Gasteiger charge is -2.16. The van der Waals surface area contributed by atoms with Crippen LogP contribution in [0.25, 0.3) is 0 Å².